The van der Waals surface area contributed by atoms with Crippen LogP contribution >= 0.6 is 0 Å². The van der Waals surface area contributed by atoms with E-state index in [-0.39, 0.29) is 0 Å². The van der Waals surface area contributed by atoms with Crippen LogP contribution in [0.3, 0.4) is 0 Å². The van der Waals surface area contributed by atoms with Crippen LogP contribution in [0.15, 0.2) is 30.4 Å². The van der Waals surface area contributed by atoms with Crippen molar-refractivity contribution in [2.75, 3.05) is 25.1 Å². The molecule has 0 radical (unpaired) electrons. The summed E-state index contributed by atoms with van der Waals surface area (Å²) in [7, 11) is 0. The quantitative estimate of drug-likeness (QED) is 0.754. The van der Waals surface area contributed by atoms with Gasteiger partial charge in [-0.05, 0) is 51.2 Å². The summed E-state index contributed by atoms with van der Waals surface area (Å²) < 4.78 is 11.2. The number of rotatable bonds is 7. The molecule has 20 heavy (non-hydrogen) atoms. The van der Waals surface area contributed by atoms with Crippen molar-refractivity contribution in [3.05, 3.63) is 30.4 Å². The zero-order valence-electron chi connectivity index (χ0n) is 12.5. The maximum atomic E-state index is 5.68. The van der Waals surface area contributed by atoms with Gasteiger partial charge in [-0.1, -0.05) is 12.2 Å². The third kappa shape index (κ3) is 4.19. The van der Waals surface area contributed by atoms with E-state index in [2.05, 4.69) is 17.5 Å². The van der Waals surface area contributed by atoms with Crippen molar-refractivity contribution in [1.29, 1.82) is 0 Å². The van der Waals surface area contributed by atoms with Gasteiger partial charge >= 0.3 is 0 Å². The van der Waals surface area contributed by atoms with Crippen LogP contribution in [0.1, 0.15) is 33.1 Å². The summed E-state index contributed by atoms with van der Waals surface area (Å²) in [5.41, 5.74) is 1.03. The molecule has 0 aliphatic heterocycles. The lowest BCUT2D eigenvalue weighted by Crippen LogP contribution is -2.16. The van der Waals surface area contributed by atoms with Gasteiger partial charge in [0, 0.05) is 12.6 Å². The smallest absolute Gasteiger partial charge is 0.142 e. The summed E-state index contributed by atoms with van der Waals surface area (Å²) in [6, 6.07) is 5.98. The molecule has 1 aromatic carbocycles. The molecule has 1 aliphatic rings. The molecular formula is C17H25NO2. The van der Waals surface area contributed by atoms with Crippen molar-refractivity contribution < 1.29 is 9.47 Å². The zero-order valence-corrected chi connectivity index (χ0v) is 12.5. The number of ether oxygens (including phenoxy) is 2. The number of anilines is 1. The molecule has 0 aromatic heterocycles. The summed E-state index contributed by atoms with van der Waals surface area (Å²) >= 11 is 0. The van der Waals surface area contributed by atoms with Crippen molar-refractivity contribution in [3.63, 3.8) is 0 Å². The summed E-state index contributed by atoms with van der Waals surface area (Å²) in [6.45, 7) is 6.35. The monoisotopic (exact) mass is 275 g/mol. The van der Waals surface area contributed by atoms with E-state index in [9.17, 15) is 0 Å². The Bertz CT molecular complexity index is 443. The summed E-state index contributed by atoms with van der Waals surface area (Å²) in [5, 5.41) is 3.53. The van der Waals surface area contributed by atoms with Crippen LogP contribution in [-0.2, 0) is 0 Å². The van der Waals surface area contributed by atoms with Crippen LogP contribution in [0.4, 0.5) is 5.69 Å². The Hall–Kier alpha value is -1.64. The third-order valence-corrected chi connectivity index (χ3v) is 3.52. The van der Waals surface area contributed by atoms with Gasteiger partial charge in [-0.3, -0.25) is 0 Å². The average molecular weight is 275 g/mol. The minimum absolute atomic E-state index is 0.675. The first-order valence-corrected chi connectivity index (χ1v) is 7.62. The maximum absolute atomic E-state index is 5.68. The van der Waals surface area contributed by atoms with E-state index in [0.717, 1.165) is 23.7 Å². The summed E-state index contributed by atoms with van der Waals surface area (Å²) in [4.78, 5) is 0. The van der Waals surface area contributed by atoms with Gasteiger partial charge in [-0.15, -0.1) is 0 Å². The van der Waals surface area contributed by atoms with Gasteiger partial charge in [-0.2, -0.15) is 0 Å². The molecule has 3 heteroatoms. The first kappa shape index (κ1) is 14.8. The fourth-order valence-corrected chi connectivity index (χ4v) is 2.48. The highest BCUT2D eigenvalue weighted by Crippen LogP contribution is 2.30. The Morgan fingerprint density at radius 3 is 2.70 bits per heavy atom. The Labute approximate surface area is 122 Å². The fraction of sp³-hybridized carbons (Fsp3) is 0.529. The molecule has 1 atom stereocenters. The molecule has 1 aliphatic carbocycles. The Morgan fingerprint density at radius 1 is 1.15 bits per heavy atom. The second-order valence-corrected chi connectivity index (χ2v) is 5.06. The first-order valence-electron chi connectivity index (χ1n) is 7.62. The molecule has 3 nitrogen and oxygen atoms in total. The van der Waals surface area contributed by atoms with E-state index in [0.29, 0.717) is 19.1 Å². The van der Waals surface area contributed by atoms with Gasteiger partial charge in [0.05, 0.1) is 18.9 Å². The Morgan fingerprint density at radius 2 is 2.00 bits per heavy atom. The highest BCUT2D eigenvalue weighted by Gasteiger charge is 2.11. The van der Waals surface area contributed by atoms with Crippen LogP contribution in [0.25, 0.3) is 0 Å². The van der Waals surface area contributed by atoms with Gasteiger partial charge in [-0.25, -0.2) is 0 Å². The van der Waals surface area contributed by atoms with Gasteiger partial charge in [0.2, 0.25) is 0 Å². The van der Waals surface area contributed by atoms with Crippen molar-refractivity contribution in [2.45, 2.75) is 33.1 Å². The highest BCUT2D eigenvalue weighted by atomic mass is 16.5. The summed E-state index contributed by atoms with van der Waals surface area (Å²) in [6.07, 6.45) is 8.19. The second kappa shape index (κ2) is 7.83. The van der Waals surface area contributed by atoms with E-state index < -0.39 is 0 Å². The van der Waals surface area contributed by atoms with Crippen molar-refractivity contribution >= 4 is 5.69 Å². The number of benzene rings is 1. The topological polar surface area (TPSA) is 30.5 Å². The molecule has 0 amide bonds. The van der Waals surface area contributed by atoms with E-state index in [1.807, 2.05) is 32.0 Å². The molecule has 0 saturated carbocycles. The SMILES string of the molecule is CCOc1ccc(OCC)c(NCC2CC=CCC2)c1. The number of hydrogen-bond acceptors (Lipinski definition) is 3. The van der Waals surface area contributed by atoms with E-state index in [1.165, 1.54) is 19.3 Å². The van der Waals surface area contributed by atoms with Crippen molar-refractivity contribution in [3.8, 4) is 11.5 Å². The molecule has 1 aromatic rings. The maximum Gasteiger partial charge on any atom is 0.142 e. The van der Waals surface area contributed by atoms with Gasteiger partial charge in [0.1, 0.15) is 11.5 Å². The molecule has 2 rings (SSSR count). The fourth-order valence-electron chi connectivity index (χ4n) is 2.48. The standard InChI is InChI=1S/C17H25NO2/c1-3-19-15-10-11-17(20-4-2)16(12-15)18-13-14-8-6-5-7-9-14/h5-6,10-12,14,18H,3-4,7-9,13H2,1-2H3. The number of allylic oxidation sites excluding steroid dienone is 2. The Balaban J connectivity index is 2.02. The largest absolute Gasteiger partial charge is 0.494 e. The molecule has 0 fully saturated rings. The first-order chi connectivity index (χ1) is 9.83. The Kier molecular flexibility index (Phi) is 5.78. The minimum Gasteiger partial charge on any atom is -0.494 e. The molecule has 0 heterocycles. The van der Waals surface area contributed by atoms with Crippen molar-refractivity contribution in [2.24, 2.45) is 5.92 Å². The average Bonchev–Trinajstić information content (AvgIpc) is 2.49. The number of hydrogen-bond donors (Lipinski definition) is 1. The lowest BCUT2D eigenvalue weighted by molar-refractivity contribution is 0.331. The van der Waals surface area contributed by atoms with Crippen LogP contribution in [-0.4, -0.2) is 19.8 Å². The second-order valence-electron chi connectivity index (χ2n) is 5.06. The molecule has 1 unspecified atom stereocenters. The number of nitrogens with one attached hydrogen (secondary N) is 1. The van der Waals surface area contributed by atoms with E-state index in [4.69, 9.17) is 9.47 Å². The van der Waals surface area contributed by atoms with Gasteiger partial charge in [0.15, 0.2) is 0 Å². The third-order valence-electron chi connectivity index (χ3n) is 3.52. The molecule has 0 bridgehead atoms. The minimum atomic E-state index is 0.675. The molecular weight excluding hydrogens is 250 g/mol. The molecule has 110 valence electrons. The van der Waals surface area contributed by atoms with Crippen LogP contribution in [0.2, 0.25) is 0 Å². The van der Waals surface area contributed by atoms with Crippen LogP contribution < -0.4 is 14.8 Å². The van der Waals surface area contributed by atoms with E-state index in [1.54, 1.807) is 0 Å². The van der Waals surface area contributed by atoms with Gasteiger partial charge in [0.25, 0.3) is 0 Å². The summed E-state index contributed by atoms with van der Waals surface area (Å²) in [5.74, 6) is 2.51. The lowest BCUT2D eigenvalue weighted by Gasteiger charge is -2.20. The van der Waals surface area contributed by atoms with Crippen LogP contribution in [0, 0.1) is 5.92 Å². The molecule has 0 saturated heterocycles. The highest BCUT2D eigenvalue weighted by molar-refractivity contribution is 5.59. The predicted molar refractivity (Wildman–Crippen MR) is 83.8 cm³/mol. The predicted octanol–water partition coefficient (Wildman–Crippen LogP) is 4.25. The zero-order chi connectivity index (χ0) is 14.2. The molecule has 1 N–H and O–H groups in total. The lowest BCUT2D eigenvalue weighted by atomic mass is 9.94. The molecule has 0 spiro atoms. The normalized spacial score (nSPS) is 17.8. The van der Waals surface area contributed by atoms with Crippen molar-refractivity contribution in [1.82, 2.24) is 0 Å². The van der Waals surface area contributed by atoms with E-state index >= 15 is 0 Å². The van der Waals surface area contributed by atoms with Crippen LogP contribution in [0.5, 0.6) is 11.5 Å². The van der Waals surface area contributed by atoms with Gasteiger partial charge < -0.3 is 14.8 Å².